The van der Waals surface area contributed by atoms with E-state index in [1.54, 1.807) is 11.1 Å². The Labute approximate surface area is 117 Å². The van der Waals surface area contributed by atoms with E-state index in [0.717, 1.165) is 12.6 Å². The third-order valence-corrected chi connectivity index (χ3v) is 4.65. The molecule has 2 aliphatic rings. The average Bonchev–Trinajstić information content (AvgIpc) is 2.48. The van der Waals surface area contributed by atoms with Gasteiger partial charge in [0.25, 0.3) is 0 Å². The number of hydrogen-bond acceptors (Lipinski definition) is 2. The smallest absolute Gasteiger partial charge is 0.0236 e. The fraction of sp³-hybridized carbons (Fsp3) is 0.647. The molecule has 0 aromatic heterocycles. The SMILES string of the molecule is c1ccc2c(c1)CCN(CCCC1CCCCN1)C2. The summed E-state index contributed by atoms with van der Waals surface area (Å²) in [5.41, 5.74) is 3.11. The molecule has 1 aromatic rings. The minimum Gasteiger partial charge on any atom is -0.314 e. The van der Waals surface area contributed by atoms with Crippen LogP contribution >= 0.6 is 0 Å². The fourth-order valence-corrected chi connectivity index (χ4v) is 3.48. The molecule has 1 N–H and O–H groups in total. The van der Waals surface area contributed by atoms with Crippen molar-refractivity contribution in [3.05, 3.63) is 35.4 Å². The van der Waals surface area contributed by atoms with Crippen LogP contribution in [0.15, 0.2) is 24.3 Å². The van der Waals surface area contributed by atoms with Crippen LogP contribution in [0.1, 0.15) is 43.2 Å². The van der Waals surface area contributed by atoms with Gasteiger partial charge in [-0.05, 0) is 56.3 Å². The van der Waals surface area contributed by atoms with Crippen molar-refractivity contribution in [2.45, 2.75) is 51.1 Å². The second-order valence-electron chi connectivity index (χ2n) is 6.08. The van der Waals surface area contributed by atoms with E-state index in [0.29, 0.717) is 0 Å². The molecule has 0 spiro atoms. The van der Waals surface area contributed by atoms with Gasteiger partial charge in [-0.1, -0.05) is 30.7 Å². The molecule has 1 aromatic carbocycles. The van der Waals surface area contributed by atoms with Crippen LogP contribution in [0.4, 0.5) is 0 Å². The number of fused-ring (bicyclic) bond motifs is 1. The summed E-state index contributed by atoms with van der Waals surface area (Å²) in [7, 11) is 0. The molecule has 0 bridgehead atoms. The third-order valence-electron chi connectivity index (χ3n) is 4.65. The lowest BCUT2D eigenvalue weighted by Gasteiger charge is -2.30. The van der Waals surface area contributed by atoms with Gasteiger partial charge in [0.1, 0.15) is 0 Å². The standard InChI is InChI=1S/C17H26N2/c1-2-7-16-14-19(13-10-15(16)6-1)12-5-9-17-8-3-4-11-18-17/h1-2,6-7,17-18H,3-5,8-14H2. The quantitative estimate of drug-likeness (QED) is 0.893. The van der Waals surface area contributed by atoms with Crippen molar-refractivity contribution >= 4 is 0 Å². The number of nitrogens with one attached hydrogen (secondary N) is 1. The Bertz CT molecular complexity index is 396. The van der Waals surface area contributed by atoms with Crippen LogP contribution in [0.5, 0.6) is 0 Å². The van der Waals surface area contributed by atoms with Crippen molar-refractivity contribution in [3.63, 3.8) is 0 Å². The molecule has 2 aliphatic heterocycles. The van der Waals surface area contributed by atoms with Gasteiger partial charge in [-0.2, -0.15) is 0 Å². The fourth-order valence-electron chi connectivity index (χ4n) is 3.48. The van der Waals surface area contributed by atoms with E-state index in [1.165, 1.54) is 58.2 Å². The second-order valence-corrected chi connectivity index (χ2v) is 6.08. The predicted molar refractivity (Wildman–Crippen MR) is 80.3 cm³/mol. The number of piperidine rings is 1. The van der Waals surface area contributed by atoms with E-state index in [1.807, 2.05) is 0 Å². The molecule has 3 rings (SSSR count). The maximum atomic E-state index is 3.65. The Hall–Kier alpha value is -0.860. The largest absolute Gasteiger partial charge is 0.314 e. The number of hydrogen-bond donors (Lipinski definition) is 1. The lowest BCUT2D eigenvalue weighted by atomic mass is 9.98. The Balaban J connectivity index is 1.42. The van der Waals surface area contributed by atoms with Crippen molar-refractivity contribution in [1.82, 2.24) is 10.2 Å². The van der Waals surface area contributed by atoms with Gasteiger partial charge in [-0.3, -0.25) is 4.90 Å². The Morgan fingerprint density at radius 3 is 2.89 bits per heavy atom. The van der Waals surface area contributed by atoms with Crippen LogP contribution in [-0.2, 0) is 13.0 Å². The molecule has 1 unspecified atom stereocenters. The van der Waals surface area contributed by atoms with Crippen LogP contribution in [0, 0.1) is 0 Å². The van der Waals surface area contributed by atoms with Gasteiger partial charge < -0.3 is 5.32 Å². The molecule has 2 heterocycles. The molecule has 0 aliphatic carbocycles. The molecule has 0 amide bonds. The molecule has 1 atom stereocenters. The molecule has 0 radical (unpaired) electrons. The zero-order valence-corrected chi connectivity index (χ0v) is 11.9. The van der Waals surface area contributed by atoms with Gasteiger partial charge in [-0.25, -0.2) is 0 Å². The molecule has 0 saturated carbocycles. The molecule has 2 heteroatoms. The normalized spacial score (nSPS) is 24.1. The summed E-state index contributed by atoms with van der Waals surface area (Å²) >= 11 is 0. The van der Waals surface area contributed by atoms with E-state index in [-0.39, 0.29) is 0 Å². The first-order valence-corrected chi connectivity index (χ1v) is 7.94. The van der Waals surface area contributed by atoms with Crippen molar-refractivity contribution in [2.24, 2.45) is 0 Å². The predicted octanol–water partition coefficient (Wildman–Crippen LogP) is 2.97. The summed E-state index contributed by atoms with van der Waals surface area (Å²) in [4.78, 5) is 2.63. The van der Waals surface area contributed by atoms with Crippen LogP contribution in [0.3, 0.4) is 0 Å². The maximum absolute atomic E-state index is 3.65. The van der Waals surface area contributed by atoms with Crippen LogP contribution < -0.4 is 5.32 Å². The van der Waals surface area contributed by atoms with E-state index in [9.17, 15) is 0 Å². The van der Waals surface area contributed by atoms with Gasteiger partial charge in [0.15, 0.2) is 0 Å². The molecule has 2 nitrogen and oxygen atoms in total. The maximum Gasteiger partial charge on any atom is 0.0236 e. The highest BCUT2D eigenvalue weighted by molar-refractivity contribution is 5.28. The molecule has 1 saturated heterocycles. The van der Waals surface area contributed by atoms with Crippen LogP contribution in [0.2, 0.25) is 0 Å². The lowest BCUT2D eigenvalue weighted by molar-refractivity contribution is 0.240. The Kier molecular flexibility index (Phi) is 4.52. The molecule has 1 fully saturated rings. The average molecular weight is 258 g/mol. The minimum absolute atomic E-state index is 0.797. The van der Waals surface area contributed by atoms with E-state index >= 15 is 0 Å². The minimum atomic E-state index is 0.797. The van der Waals surface area contributed by atoms with Gasteiger partial charge in [0, 0.05) is 19.1 Å². The monoisotopic (exact) mass is 258 g/mol. The highest BCUT2D eigenvalue weighted by Crippen LogP contribution is 2.19. The summed E-state index contributed by atoms with van der Waals surface area (Å²) in [6, 6.07) is 9.73. The first-order valence-electron chi connectivity index (χ1n) is 7.94. The molecule has 19 heavy (non-hydrogen) atoms. The van der Waals surface area contributed by atoms with Crippen LogP contribution in [0.25, 0.3) is 0 Å². The highest BCUT2D eigenvalue weighted by atomic mass is 15.1. The van der Waals surface area contributed by atoms with E-state index < -0.39 is 0 Å². The van der Waals surface area contributed by atoms with Crippen molar-refractivity contribution in [3.8, 4) is 0 Å². The van der Waals surface area contributed by atoms with Gasteiger partial charge in [0.2, 0.25) is 0 Å². The van der Waals surface area contributed by atoms with Gasteiger partial charge in [0.05, 0.1) is 0 Å². The second kappa shape index (κ2) is 6.53. The summed E-state index contributed by atoms with van der Waals surface area (Å²) in [5, 5.41) is 3.65. The summed E-state index contributed by atoms with van der Waals surface area (Å²) < 4.78 is 0. The van der Waals surface area contributed by atoms with Gasteiger partial charge >= 0.3 is 0 Å². The van der Waals surface area contributed by atoms with Crippen LogP contribution in [-0.4, -0.2) is 30.6 Å². The van der Waals surface area contributed by atoms with Crippen molar-refractivity contribution in [2.75, 3.05) is 19.6 Å². The summed E-state index contributed by atoms with van der Waals surface area (Å²) in [6.07, 6.45) is 8.13. The number of benzene rings is 1. The first kappa shape index (κ1) is 13.1. The summed E-state index contributed by atoms with van der Waals surface area (Å²) in [5.74, 6) is 0. The number of nitrogens with zero attached hydrogens (tertiary/aromatic N) is 1. The molecule has 104 valence electrons. The zero-order valence-electron chi connectivity index (χ0n) is 11.9. The Morgan fingerprint density at radius 1 is 1.16 bits per heavy atom. The third kappa shape index (κ3) is 3.58. The summed E-state index contributed by atoms with van der Waals surface area (Å²) in [6.45, 7) is 4.91. The topological polar surface area (TPSA) is 15.3 Å². The van der Waals surface area contributed by atoms with E-state index in [2.05, 4.69) is 34.5 Å². The van der Waals surface area contributed by atoms with E-state index in [4.69, 9.17) is 0 Å². The van der Waals surface area contributed by atoms with Crippen molar-refractivity contribution in [1.29, 1.82) is 0 Å². The number of rotatable bonds is 4. The Morgan fingerprint density at radius 2 is 2.05 bits per heavy atom. The highest BCUT2D eigenvalue weighted by Gasteiger charge is 2.16. The van der Waals surface area contributed by atoms with Gasteiger partial charge in [-0.15, -0.1) is 0 Å². The first-order chi connectivity index (χ1) is 9.42. The lowest BCUT2D eigenvalue weighted by Crippen LogP contribution is -2.36. The molecular formula is C17H26N2. The molecular weight excluding hydrogens is 232 g/mol. The zero-order chi connectivity index (χ0) is 12.9. The van der Waals surface area contributed by atoms with Crippen molar-refractivity contribution < 1.29 is 0 Å².